The zero-order chi connectivity index (χ0) is 16.1. The maximum absolute atomic E-state index is 13.1. The average Bonchev–Trinajstić information content (AvgIpc) is 2.47. The van der Waals surface area contributed by atoms with Crippen LogP contribution in [0, 0.1) is 18.6 Å². The number of amides is 1. The minimum absolute atomic E-state index is 0.115. The fourth-order valence-corrected chi connectivity index (χ4v) is 2.07. The van der Waals surface area contributed by atoms with E-state index in [0.29, 0.717) is 5.75 Å². The molecule has 3 nitrogen and oxygen atoms in total. The van der Waals surface area contributed by atoms with Gasteiger partial charge in [0.15, 0.2) is 11.6 Å². The van der Waals surface area contributed by atoms with Gasteiger partial charge < -0.3 is 10.1 Å². The highest BCUT2D eigenvalue weighted by atomic mass is 35.5. The summed E-state index contributed by atoms with van der Waals surface area (Å²) in [6.07, 6.45) is 0. The van der Waals surface area contributed by atoms with E-state index in [1.165, 1.54) is 0 Å². The monoisotopic (exact) mass is 325 g/mol. The smallest absolute Gasteiger partial charge is 0.253 e. The average molecular weight is 326 g/mol. The number of nitrogens with one attached hydrogen (secondary N) is 1. The number of hydrogen-bond acceptors (Lipinski definition) is 2. The lowest BCUT2D eigenvalue weighted by Crippen LogP contribution is -2.28. The molecule has 0 heterocycles. The van der Waals surface area contributed by atoms with Crippen LogP contribution in [0.2, 0.25) is 5.02 Å². The first-order valence-corrected chi connectivity index (χ1v) is 6.97. The highest BCUT2D eigenvalue weighted by molar-refractivity contribution is 6.33. The number of carbonyl (C=O) groups is 1. The normalized spacial score (nSPS) is 10.4. The van der Waals surface area contributed by atoms with E-state index in [1.807, 2.05) is 25.1 Å². The van der Waals surface area contributed by atoms with Crippen molar-refractivity contribution in [3.05, 3.63) is 64.2 Å². The van der Waals surface area contributed by atoms with E-state index >= 15 is 0 Å². The predicted octanol–water partition coefficient (Wildman–Crippen LogP) is 3.74. The molecule has 0 fully saturated rings. The SMILES string of the molecule is Cc1cccc(OCCNC(=O)c2cc(F)c(F)cc2Cl)c1. The lowest BCUT2D eigenvalue weighted by Gasteiger charge is -2.09. The summed E-state index contributed by atoms with van der Waals surface area (Å²) < 4.78 is 31.5. The van der Waals surface area contributed by atoms with Gasteiger partial charge in [0, 0.05) is 0 Å². The zero-order valence-corrected chi connectivity index (χ0v) is 12.6. The van der Waals surface area contributed by atoms with E-state index in [4.69, 9.17) is 16.3 Å². The van der Waals surface area contributed by atoms with Crippen LogP contribution in [0.4, 0.5) is 8.78 Å². The molecule has 0 bridgehead atoms. The van der Waals surface area contributed by atoms with Crippen LogP contribution in [-0.4, -0.2) is 19.1 Å². The van der Waals surface area contributed by atoms with Crippen LogP contribution in [0.15, 0.2) is 36.4 Å². The summed E-state index contributed by atoms with van der Waals surface area (Å²) in [6, 6.07) is 9.03. The highest BCUT2D eigenvalue weighted by Gasteiger charge is 2.14. The summed E-state index contributed by atoms with van der Waals surface area (Å²) in [4.78, 5) is 11.9. The number of benzene rings is 2. The summed E-state index contributed by atoms with van der Waals surface area (Å²) in [6.45, 7) is 2.40. The first-order chi connectivity index (χ1) is 10.5. The molecule has 0 saturated carbocycles. The molecule has 1 amide bonds. The van der Waals surface area contributed by atoms with E-state index in [9.17, 15) is 13.6 Å². The molecule has 0 unspecified atom stereocenters. The fraction of sp³-hybridized carbons (Fsp3) is 0.188. The van der Waals surface area contributed by atoms with Crippen LogP contribution in [0.1, 0.15) is 15.9 Å². The Hall–Kier alpha value is -2.14. The molecule has 0 spiro atoms. The number of carbonyl (C=O) groups excluding carboxylic acids is 1. The molecule has 116 valence electrons. The van der Waals surface area contributed by atoms with Crippen molar-refractivity contribution in [2.75, 3.05) is 13.2 Å². The summed E-state index contributed by atoms with van der Waals surface area (Å²) in [7, 11) is 0. The third-order valence-electron chi connectivity index (χ3n) is 2.90. The second kappa shape index (κ2) is 7.22. The van der Waals surface area contributed by atoms with Crippen LogP contribution >= 0.6 is 11.6 Å². The molecule has 2 aromatic rings. The Morgan fingerprint density at radius 1 is 1.23 bits per heavy atom. The number of aryl methyl sites for hydroxylation is 1. The molecular formula is C16H14ClF2NO2. The third-order valence-corrected chi connectivity index (χ3v) is 3.21. The van der Waals surface area contributed by atoms with E-state index in [-0.39, 0.29) is 23.7 Å². The Bertz CT molecular complexity index is 692. The van der Waals surface area contributed by atoms with Gasteiger partial charge in [0.05, 0.1) is 17.1 Å². The highest BCUT2D eigenvalue weighted by Crippen LogP contribution is 2.19. The maximum Gasteiger partial charge on any atom is 0.253 e. The molecule has 2 rings (SSSR count). The van der Waals surface area contributed by atoms with Crippen molar-refractivity contribution in [1.29, 1.82) is 0 Å². The van der Waals surface area contributed by atoms with Gasteiger partial charge in [-0.25, -0.2) is 8.78 Å². The molecule has 2 aromatic carbocycles. The molecule has 0 aliphatic carbocycles. The Labute approximate surface area is 131 Å². The molecule has 22 heavy (non-hydrogen) atoms. The lowest BCUT2D eigenvalue weighted by molar-refractivity contribution is 0.0946. The second-order valence-electron chi connectivity index (χ2n) is 4.67. The van der Waals surface area contributed by atoms with Crippen LogP contribution in [0.5, 0.6) is 5.75 Å². The first kappa shape index (κ1) is 16.2. The molecule has 0 saturated heterocycles. The molecule has 6 heteroatoms. The van der Waals surface area contributed by atoms with Gasteiger partial charge in [0.25, 0.3) is 5.91 Å². The second-order valence-corrected chi connectivity index (χ2v) is 5.07. The number of rotatable bonds is 5. The predicted molar refractivity (Wildman–Crippen MR) is 80.4 cm³/mol. The molecular weight excluding hydrogens is 312 g/mol. The lowest BCUT2D eigenvalue weighted by atomic mass is 10.2. The topological polar surface area (TPSA) is 38.3 Å². The van der Waals surface area contributed by atoms with Crippen LogP contribution in [0.3, 0.4) is 0 Å². The largest absolute Gasteiger partial charge is 0.492 e. The van der Waals surface area contributed by atoms with Crippen LogP contribution in [0.25, 0.3) is 0 Å². The van der Waals surface area contributed by atoms with Gasteiger partial charge in [0.2, 0.25) is 0 Å². The molecule has 0 atom stereocenters. The Morgan fingerprint density at radius 3 is 2.68 bits per heavy atom. The van der Waals surface area contributed by atoms with Gasteiger partial charge in [-0.3, -0.25) is 4.79 Å². The number of halogens is 3. The van der Waals surface area contributed by atoms with E-state index < -0.39 is 17.5 Å². The van der Waals surface area contributed by atoms with Crippen molar-refractivity contribution < 1.29 is 18.3 Å². The standard InChI is InChI=1S/C16H14ClF2NO2/c1-10-3-2-4-11(7-10)22-6-5-20-16(21)12-8-14(18)15(19)9-13(12)17/h2-4,7-9H,5-6H2,1H3,(H,20,21). The molecule has 1 N–H and O–H groups in total. The Morgan fingerprint density at radius 2 is 1.95 bits per heavy atom. The van der Waals surface area contributed by atoms with E-state index in [1.54, 1.807) is 6.07 Å². The van der Waals surface area contributed by atoms with Crippen molar-refractivity contribution in [2.45, 2.75) is 6.92 Å². The van der Waals surface area contributed by atoms with Gasteiger partial charge in [-0.1, -0.05) is 23.7 Å². The summed E-state index contributed by atoms with van der Waals surface area (Å²) in [5.74, 6) is -2.10. The summed E-state index contributed by atoms with van der Waals surface area (Å²) in [5, 5.41) is 2.39. The van der Waals surface area contributed by atoms with Crippen molar-refractivity contribution in [3.63, 3.8) is 0 Å². The maximum atomic E-state index is 13.1. The Kier molecular flexibility index (Phi) is 5.33. The van der Waals surface area contributed by atoms with Crippen molar-refractivity contribution >= 4 is 17.5 Å². The van der Waals surface area contributed by atoms with Gasteiger partial charge in [0.1, 0.15) is 12.4 Å². The fourth-order valence-electron chi connectivity index (χ4n) is 1.83. The van der Waals surface area contributed by atoms with Crippen molar-refractivity contribution in [2.24, 2.45) is 0 Å². The first-order valence-electron chi connectivity index (χ1n) is 6.59. The minimum Gasteiger partial charge on any atom is -0.492 e. The van der Waals surface area contributed by atoms with Crippen molar-refractivity contribution in [3.8, 4) is 5.75 Å². The summed E-state index contributed by atoms with van der Waals surface area (Å²) >= 11 is 5.72. The van der Waals surface area contributed by atoms with Crippen LogP contribution < -0.4 is 10.1 Å². The van der Waals surface area contributed by atoms with Gasteiger partial charge in [-0.2, -0.15) is 0 Å². The molecule has 0 radical (unpaired) electrons. The third kappa shape index (κ3) is 4.18. The molecule has 0 aliphatic heterocycles. The number of ether oxygens (including phenoxy) is 1. The summed E-state index contributed by atoms with van der Waals surface area (Å²) in [5.41, 5.74) is 0.950. The van der Waals surface area contributed by atoms with Gasteiger partial charge >= 0.3 is 0 Å². The van der Waals surface area contributed by atoms with Crippen LogP contribution in [-0.2, 0) is 0 Å². The van der Waals surface area contributed by atoms with E-state index in [0.717, 1.165) is 17.7 Å². The van der Waals surface area contributed by atoms with Crippen molar-refractivity contribution in [1.82, 2.24) is 5.32 Å². The Balaban J connectivity index is 1.87. The quantitative estimate of drug-likeness (QED) is 0.672. The van der Waals surface area contributed by atoms with Gasteiger partial charge in [-0.15, -0.1) is 0 Å². The van der Waals surface area contributed by atoms with Gasteiger partial charge in [-0.05, 0) is 36.8 Å². The molecule has 0 aromatic heterocycles. The van der Waals surface area contributed by atoms with E-state index in [2.05, 4.69) is 5.32 Å². The molecule has 0 aliphatic rings. The minimum atomic E-state index is -1.12. The number of hydrogen-bond donors (Lipinski definition) is 1. The zero-order valence-electron chi connectivity index (χ0n) is 11.8.